The van der Waals surface area contributed by atoms with E-state index in [-0.39, 0.29) is 12.0 Å². The van der Waals surface area contributed by atoms with Crippen molar-refractivity contribution in [2.24, 2.45) is 5.84 Å². The minimum absolute atomic E-state index is 0.221. The number of aromatic nitrogens is 3. The maximum absolute atomic E-state index is 5.29. The van der Waals surface area contributed by atoms with Gasteiger partial charge in [0.15, 0.2) is 0 Å². The Morgan fingerprint density at radius 3 is 2.55 bits per heavy atom. The molecule has 0 aliphatic rings. The Bertz CT molecular complexity index is 511. The van der Waals surface area contributed by atoms with Gasteiger partial charge in [-0.25, -0.2) is 5.84 Å². The summed E-state index contributed by atoms with van der Waals surface area (Å²) in [7, 11) is 1.49. The molecule has 7 nitrogen and oxygen atoms in total. The number of hydrazine groups is 1. The largest absolute Gasteiger partial charge is 0.467 e. The van der Waals surface area contributed by atoms with Crippen LogP contribution in [0.2, 0.25) is 0 Å². The van der Waals surface area contributed by atoms with Gasteiger partial charge in [0.25, 0.3) is 0 Å². The number of aryl methyl sites for hydroxylation is 1. The molecule has 7 heteroatoms. The van der Waals surface area contributed by atoms with E-state index in [9.17, 15) is 0 Å². The van der Waals surface area contributed by atoms with Gasteiger partial charge < -0.3 is 10.1 Å². The van der Waals surface area contributed by atoms with Crippen LogP contribution >= 0.6 is 0 Å². The summed E-state index contributed by atoms with van der Waals surface area (Å²) in [4.78, 5) is 12.1. The van der Waals surface area contributed by atoms with Crippen LogP contribution in [0.1, 0.15) is 12.0 Å². The van der Waals surface area contributed by atoms with Crippen LogP contribution in [0.5, 0.6) is 6.01 Å². The van der Waals surface area contributed by atoms with Gasteiger partial charge in [-0.3, -0.25) is 5.43 Å². The summed E-state index contributed by atoms with van der Waals surface area (Å²) in [5, 5.41) is 3.13. The zero-order chi connectivity index (χ0) is 14.2. The number of benzene rings is 1. The van der Waals surface area contributed by atoms with Crippen molar-refractivity contribution in [3.63, 3.8) is 0 Å². The summed E-state index contributed by atoms with van der Waals surface area (Å²) in [5.74, 6) is 6.00. The van der Waals surface area contributed by atoms with Gasteiger partial charge in [-0.1, -0.05) is 30.3 Å². The first-order valence-corrected chi connectivity index (χ1v) is 6.36. The maximum atomic E-state index is 5.29. The predicted molar refractivity (Wildman–Crippen MR) is 77.4 cm³/mol. The Morgan fingerprint density at radius 2 is 1.85 bits per heavy atom. The number of hydrogen-bond donors (Lipinski definition) is 3. The van der Waals surface area contributed by atoms with E-state index in [1.807, 2.05) is 18.2 Å². The standard InChI is InChI=1S/C13H18N6O/c1-20-13-17-11(16-12(18-13)19-14)15-9-5-8-10-6-3-2-4-7-10/h2-4,6-7H,5,8-9,14H2,1H3,(H2,15,16,17,18,19). The number of nitrogens with two attached hydrogens (primary N) is 1. The third-order valence-electron chi connectivity index (χ3n) is 2.69. The second kappa shape index (κ2) is 7.25. The van der Waals surface area contributed by atoms with E-state index in [1.165, 1.54) is 12.7 Å². The van der Waals surface area contributed by atoms with Gasteiger partial charge in [0, 0.05) is 6.54 Å². The van der Waals surface area contributed by atoms with Gasteiger partial charge in [-0.05, 0) is 18.4 Å². The second-order valence-corrected chi connectivity index (χ2v) is 4.13. The lowest BCUT2D eigenvalue weighted by atomic mass is 10.1. The highest BCUT2D eigenvalue weighted by molar-refractivity contribution is 5.34. The van der Waals surface area contributed by atoms with Crippen LogP contribution in [0.4, 0.5) is 11.9 Å². The van der Waals surface area contributed by atoms with Gasteiger partial charge >= 0.3 is 6.01 Å². The number of ether oxygens (including phenoxy) is 1. The molecule has 2 rings (SSSR count). The molecule has 0 aliphatic heterocycles. The molecule has 1 aromatic carbocycles. The van der Waals surface area contributed by atoms with Crippen LogP contribution in [0, 0.1) is 0 Å². The molecule has 0 unspecified atom stereocenters. The van der Waals surface area contributed by atoms with E-state index in [1.54, 1.807) is 0 Å². The van der Waals surface area contributed by atoms with Crippen molar-refractivity contribution in [3.8, 4) is 6.01 Å². The van der Waals surface area contributed by atoms with Crippen molar-refractivity contribution in [2.45, 2.75) is 12.8 Å². The zero-order valence-electron chi connectivity index (χ0n) is 11.3. The molecule has 0 saturated carbocycles. The molecule has 0 bridgehead atoms. The minimum Gasteiger partial charge on any atom is -0.467 e. The maximum Gasteiger partial charge on any atom is 0.322 e. The second-order valence-electron chi connectivity index (χ2n) is 4.13. The number of nitrogens with one attached hydrogen (secondary N) is 2. The lowest BCUT2D eigenvalue weighted by Crippen LogP contribution is -2.14. The molecular formula is C13H18N6O. The molecule has 0 spiro atoms. The van der Waals surface area contributed by atoms with E-state index in [0.29, 0.717) is 5.95 Å². The highest BCUT2D eigenvalue weighted by Crippen LogP contribution is 2.10. The number of nitrogens with zero attached hydrogens (tertiary/aromatic N) is 3. The summed E-state index contributed by atoms with van der Waals surface area (Å²) in [6.45, 7) is 0.756. The molecule has 4 N–H and O–H groups in total. The number of hydrogen-bond acceptors (Lipinski definition) is 7. The molecule has 20 heavy (non-hydrogen) atoms. The Balaban J connectivity index is 1.84. The van der Waals surface area contributed by atoms with E-state index in [4.69, 9.17) is 10.6 Å². The van der Waals surface area contributed by atoms with Crippen molar-refractivity contribution in [1.82, 2.24) is 15.0 Å². The van der Waals surface area contributed by atoms with Gasteiger partial charge in [0.2, 0.25) is 11.9 Å². The van der Waals surface area contributed by atoms with Crippen molar-refractivity contribution in [3.05, 3.63) is 35.9 Å². The summed E-state index contributed by atoms with van der Waals surface area (Å²) in [6.07, 6.45) is 1.97. The zero-order valence-corrected chi connectivity index (χ0v) is 11.3. The summed E-state index contributed by atoms with van der Waals surface area (Å²) in [6, 6.07) is 10.5. The van der Waals surface area contributed by atoms with Crippen molar-refractivity contribution < 1.29 is 4.74 Å². The minimum atomic E-state index is 0.221. The normalized spacial score (nSPS) is 10.1. The molecule has 0 fully saturated rings. The number of anilines is 2. The Hall–Kier alpha value is -2.41. The first-order chi connectivity index (χ1) is 9.81. The molecule has 0 radical (unpaired) electrons. The summed E-state index contributed by atoms with van der Waals surface area (Å²) in [5.41, 5.74) is 3.69. The fraction of sp³-hybridized carbons (Fsp3) is 0.308. The highest BCUT2D eigenvalue weighted by atomic mass is 16.5. The van der Waals surface area contributed by atoms with Crippen LogP contribution in [0.15, 0.2) is 30.3 Å². The molecule has 2 aromatic rings. The van der Waals surface area contributed by atoms with Crippen LogP contribution < -0.4 is 21.3 Å². The van der Waals surface area contributed by atoms with Crippen LogP contribution in [-0.4, -0.2) is 28.6 Å². The number of nitrogen functional groups attached to an aromatic ring is 1. The van der Waals surface area contributed by atoms with E-state index < -0.39 is 0 Å². The topological polar surface area (TPSA) is 98.0 Å². The van der Waals surface area contributed by atoms with Crippen LogP contribution in [0.25, 0.3) is 0 Å². The van der Waals surface area contributed by atoms with E-state index in [0.717, 1.165) is 19.4 Å². The Labute approximate surface area is 117 Å². The quantitative estimate of drug-likeness (QED) is 0.396. The summed E-state index contributed by atoms with van der Waals surface area (Å²) < 4.78 is 4.98. The van der Waals surface area contributed by atoms with Gasteiger partial charge in [-0.15, -0.1) is 0 Å². The van der Waals surface area contributed by atoms with E-state index >= 15 is 0 Å². The smallest absolute Gasteiger partial charge is 0.322 e. The van der Waals surface area contributed by atoms with Gasteiger partial charge in [-0.2, -0.15) is 15.0 Å². The van der Waals surface area contributed by atoms with Gasteiger partial charge in [0.1, 0.15) is 0 Å². The third-order valence-corrected chi connectivity index (χ3v) is 2.69. The van der Waals surface area contributed by atoms with E-state index in [2.05, 4.69) is 37.8 Å². The fourth-order valence-electron chi connectivity index (χ4n) is 1.73. The summed E-state index contributed by atoms with van der Waals surface area (Å²) >= 11 is 0. The Morgan fingerprint density at radius 1 is 1.10 bits per heavy atom. The highest BCUT2D eigenvalue weighted by Gasteiger charge is 2.05. The molecular weight excluding hydrogens is 256 g/mol. The van der Waals surface area contributed by atoms with Crippen LogP contribution in [-0.2, 0) is 6.42 Å². The lowest BCUT2D eigenvalue weighted by molar-refractivity contribution is 0.379. The molecule has 1 aromatic heterocycles. The lowest BCUT2D eigenvalue weighted by Gasteiger charge is -2.07. The SMILES string of the molecule is COc1nc(NN)nc(NCCCc2ccccc2)n1. The third kappa shape index (κ3) is 4.06. The van der Waals surface area contributed by atoms with Crippen LogP contribution in [0.3, 0.4) is 0 Å². The molecule has 106 valence electrons. The molecule has 0 aliphatic carbocycles. The molecule has 0 saturated heterocycles. The number of rotatable bonds is 7. The van der Waals surface area contributed by atoms with Gasteiger partial charge in [0.05, 0.1) is 7.11 Å². The molecule has 0 amide bonds. The number of methoxy groups -OCH3 is 1. The predicted octanol–water partition coefficient (Wildman–Crippen LogP) is 1.21. The first-order valence-electron chi connectivity index (χ1n) is 6.36. The Kier molecular flexibility index (Phi) is 5.08. The van der Waals surface area contributed by atoms with Crippen molar-refractivity contribution in [1.29, 1.82) is 0 Å². The molecule has 0 atom stereocenters. The average Bonchev–Trinajstić information content (AvgIpc) is 2.52. The monoisotopic (exact) mass is 274 g/mol. The fourth-order valence-corrected chi connectivity index (χ4v) is 1.73. The van der Waals surface area contributed by atoms with Crippen molar-refractivity contribution >= 4 is 11.9 Å². The van der Waals surface area contributed by atoms with Crippen molar-refractivity contribution in [2.75, 3.05) is 24.4 Å². The first kappa shape index (κ1) is 14.0. The molecule has 1 heterocycles. The average molecular weight is 274 g/mol.